The van der Waals surface area contributed by atoms with Crippen LogP contribution in [-0.4, -0.2) is 34.3 Å². The van der Waals surface area contributed by atoms with Crippen LogP contribution in [0.5, 0.6) is 0 Å². The number of phosphoric ester groups is 1. The van der Waals surface area contributed by atoms with E-state index in [0.717, 1.165) is 0 Å². The smallest absolute Gasteiger partial charge is 0.756 e. The summed E-state index contributed by atoms with van der Waals surface area (Å²) >= 11 is 0. The zero-order valence-electron chi connectivity index (χ0n) is 18.4. The Kier molecular flexibility index (Phi) is 14.3. The van der Waals surface area contributed by atoms with Gasteiger partial charge in [0.1, 0.15) is 6.10 Å². The van der Waals surface area contributed by atoms with Crippen LogP contribution in [0.2, 0.25) is 0 Å². The molecule has 0 spiro atoms. The van der Waals surface area contributed by atoms with Crippen LogP contribution in [-0.2, 0) is 18.6 Å². The molecule has 9 heteroatoms. The number of allylic oxidation sites excluding steroid dienone is 5. The maximum Gasteiger partial charge on any atom is 1.00 e. The second kappa shape index (κ2) is 14.5. The molecular formula is C21H32NaO7P. The molecule has 0 aromatic carbocycles. The fourth-order valence-electron chi connectivity index (χ4n) is 3.24. The Hall–Kier alpha value is -0.500. The maximum atomic E-state index is 11.5. The van der Waals surface area contributed by atoms with E-state index in [1.807, 2.05) is 32.9 Å². The van der Waals surface area contributed by atoms with Crippen molar-refractivity contribution in [3.05, 3.63) is 48.6 Å². The minimum atomic E-state index is -4.98. The minimum Gasteiger partial charge on any atom is -0.756 e. The molecule has 0 bridgehead atoms. The first-order valence-electron chi connectivity index (χ1n) is 9.80. The second-order valence-corrected chi connectivity index (χ2v) is 8.58. The third-order valence-electron chi connectivity index (χ3n) is 5.00. The summed E-state index contributed by atoms with van der Waals surface area (Å²) < 4.78 is 21.5. The molecular weight excluding hydrogens is 418 g/mol. The van der Waals surface area contributed by atoms with E-state index < -0.39 is 31.9 Å². The van der Waals surface area contributed by atoms with Crippen molar-refractivity contribution in [2.24, 2.45) is 17.8 Å². The number of hydrogen-bond acceptors (Lipinski definition) is 6. The van der Waals surface area contributed by atoms with Crippen LogP contribution >= 0.6 is 7.82 Å². The SMILES string of the molecule is CC=CC=CC=CC(O)C(C)C(CCC(C)C1OC(=O)C=CC1C)OP(=O)([O-])O.[Na+]. The normalized spacial score (nSPS) is 25.6. The van der Waals surface area contributed by atoms with Crippen molar-refractivity contribution in [3.63, 3.8) is 0 Å². The Bertz CT molecular complexity index is 683. The summed E-state index contributed by atoms with van der Waals surface area (Å²) in [5.74, 6) is -1.000. The minimum absolute atomic E-state index is 0. The number of rotatable bonds is 11. The third kappa shape index (κ3) is 11.2. The molecule has 164 valence electrons. The summed E-state index contributed by atoms with van der Waals surface area (Å²) in [6.07, 6.45) is 12.2. The van der Waals surface area contributed by atoms with Crippen molar-refractivity contribution >= 4 is 13.8 Å². The predicted molar refractivity (Wildman–Crippen MR) is 110 cm³/mol. The Balaban J connectivity index is 0.00000841. The molecule has 7 unspecified atom stereocenters. The molecule has 1 rings (SSSR count). The van der Waals surface area contributed by atoms with Gasteiger partial charge in [0.15, 0.2) is 0 Å². The molecule has 1 aliphatic heterocycles. The number of carbonyl (C=O) groups excluding carboxylic acids is 1. The van der Waals surface area contributed by atoms with Gasteiger partial charge in [0, 0.05) is 17.9 Å². The van der Waals surface area contributed by atoms with E-state index in [1.165, 1.54) is 12.2 Å². The van der Waals surface area contributed by atoms with Gasteiger partial charge in [-0.15, -0.1) is 0 Å². The molecule has 2 N–H and O–H groups in total. The van der Waals surface area contributed by atoms with Crippen molar-refractivity contribution in [2.45, 2.75) is 58.8 Å². The number of phosphoric acid groups is 1. The van der Waals surface area contributed by atoms with E-state index in [-0.39, 0.29) is 53.9 Å². The summed E-state index contributed by atoms with van der Waals surface area (Å²) in [6.45, 7) is 7.39. The molecule has 7 atom stereocenters. The van der Waals surface area contributed by atoms with E-state index in [2.05, 4.69) is 0 Å². The van der Waals surface area contributed by atoms with Crippen LogP contribution in [0.15, 0.2) is 48.6 Å². The molecule has 0 amide bonds. The zero-order valence-corrected chi connectivity index (χ0v) is 21.3. The van der Waals surface area contributed by atoms with Crippen LogP contribution in [0.25, 0.3) is 0 Å². The summed E-state index contributed by atoms with van der Waals surface area (Å²) in [5.41, 5.74) is 0. The van der Waals surface area contributed by atoms with Gasteiger partial charge in [0.25, 0.3) is 7.82 Å². The molecule has 0 saturated carbocycles. The first-order valence-corrected chi connectivity index (χ1v) is 11.3. The van der Waals surface area contributed by atoms with Gasteiger partial charge in [-0.05, 0) is 25.7 Å². The Morgan fingerprint density at radius 2 is 1.90 bits per heavy atom. The first kappa shape index (κ1) is 29.5. The zero-order chi connectivity index (χ0) is 22.0. The molecule has 30 heavy (non-hydrogen) atoms. The maximum absolute atomic E-state index is 11.5. The number of cyclic esters (lactones) is 1. The third-order valence-corrected chi connectivity index (χ3v) is 5.54. The summed E-state index contributed by atoms with van der Waals surface area (Å²) in [4.78, 5) is 32.0. The molecule has 7 nitrogen and oxygen atoms in total. The Labute approximate surface area is 201 Å². The monoisotopic (exact) mass is 450 g/mol. The molecule has 1 heterocycles. The number of ether oxygens (including phenoxy) is 1. The second-order valence-electron chi connectivity index (χ2n) is 7.43. The topological polar surface area (TPSA) is 116 Å². The fourth-order valence-corrected chi connectivity index (χ4v) is 3.88. The number of hydrogen-bond donors (Lipinski definition) is 2. The van der Waals surface area contributed by atoms with Crippen molar-refractivity contribution in [1.82, 2.24) is 0 Å². The standard InChI is InChI=1S/C21H33O7P.Na/c1-5-6-7-8-9-10-18(22)17(4)19(28-29(24,25)26)13-11-15(2)21-16(3)12-14-20(23)27-21;/h5-10,12,14-19,21-22H,11,13H2,1-4H3,(H2,24,25,26);/q;+1/p-1. The fraction of sp³-hybridized carbons (Fsp3) is 0.571. The van der Waals surface area contributed by atoms with Crippen molar-refractivity contribution in [3.8, 4) is 0 Å². The van der Waals surface area contributed by atoms with Crippen molar-refractivity contribution < 1.29 is 63.1 Å². The average molecular weight is 450 g/mol. The summed E-state index contributed by atoms with van der Waals surface area (Å²) in [7, 11) is -4.98. The van der Waals surface area contributed by atoms with Crippen molar-refractivity contribution in [1.29, 1.82) is 0 Å². The van der Waals surface area contributed by atoms with Crippen LogP contribution in [0.4, 0.5) is 0 Å². The van der Waals surface area contributed by atoms with Gasteiger partial charge in [0.2, 0.25) is 0 Å². The molecule has 0 aliphatic carbocycles. The quantitative estimate of drug-likeness (QED) is 0.198. The molecule has 0 aromatic rings. The van der Waals surface area contributed by atoms with E-state index in [4.69, 9.17) is 14.2 Å². The van der Waals surface area contributed by atoms with Crippen LogP contribution in [0, 0.1) is 17.8 Å². The number of aliphatic hydroxyl groups excluding tert-OH is 1. The molecule has 1 aliphatic rings. The average Bonchev–Trinajstić information content (AvgIpc) is 2.64. The van der Waals surface area contributed by atoms with Gasteiger partial charge in [-0.25, -0.2) is 4.79 Å². The van der Waals surface area contributed by atoms with Gasteiger partial charge < -0.3 is 24.2 Å². The Morgan fingerprint density at radius 1 is 1.27 bits per heavy atom. The molecule has 0 fully saturated rings. The van der Waals surface area contributed by atoms with Crippen molar-refractivity contribution in [2.75, 3.05) is 0 Å². The van der Waals surface area contributed by atoms with Crippen LogP contribution in [0.3, 0.4) is 0 Å². The van der Waals surface area contributed by atoms with E-state index in [1.54, 1.807) is 31.2 Å². The number of aliphatic hydroxyl groups is 1. The van der Waals surface area contributed by atoms with E-state index in [9.17, 15) is 19.4 Å². The first-order chi connectivity index (χ1) is 13.5. The molecule has 0 radical (unpaired) electrons. The van der Waals surface area contributed by atoms with E-state index in [0.29, 0.717) is 6.42 Å². The predicted octanol–water partition coefficient (Wildman–Crippen LogP) is 0.0558. The van der Waals surface area contributed by atoms with Gasteiger partial charge in [0.05, 0.1) is 12.2 Å². The van der Waals surface area contributed by atoms with Crippen LogP contribution in [0.1, 0.15) is 40.5 Å². The van der Waals surface area contributed by atoms with Gasteiger partial charge >= 0.3 is 35.5 Å². The van der Waals surface area contributed by atoms with Gasteiger partial charge in [-0.2, -0.15) is 0 Å². The summed E-state index contributed by atoms with van der Waals surface area (Å²) in [5, 5.41) is 10.4. The number of carbonyl (C=O) groups is 1. The molecule has 0 aromatic heterocycles. The molecule has 0 saturated heterocycles. The van der Waals surface area contributed by atoms with Gasteiger partial charge in [-0.1, -0.05) is 63.3 Å². The summed E-state index contributed by atoms with van der Waals surface area (Å²) in [6, 6.07) is 0. The van der Waals surface area contributed by atoms with Crippen LogP contribution < -0.4 is 34.5 Å². The largest absolute Gasteiger partial charge is 1.00 e. The Morgan fingerprint density at radius 3 is 2.50 bits per heavy atom. The van der Waals surface area contributed by atoms with E-state index >= 15 is 0 Å². The number of esters is 1. The van der Waals surface area contributed by atoms with Gasteiger partial charge in [-0.3, -0.25) is 4.57 Å².